The van der Waals surface area contributed by atoms with Crippen LogP contribution < -0.4 is 10.9 Å². The number of aromatic amines is 1. The minimum atomic E-state index is -0.241. The molecule has 0 aliphatic rings. The molecule has 0 aliphatic carbocycles. The van der Waals surface area contributed by atoms with Gasteiger partial charge in [0.25, 0.3) is 5.56 Å². The molecular weight excluding hydrogens is 250 g/mol. The highest BCUT2D eigenvalue weighted by molar-refractivity contribution is 7.71. The van der Waals surface area contributed by atoms with E-state index >= 15 is 0 Å². The maximum atomic E-state index is 11.1. The zero-order chi connectivity index (χ0) is 13.1. The smallest absolute Gasteiger partial charge is 0.251 e. The number of anilines is 1. The molecule has 2 rings (SSSR count). The number of benzene rings is 1. The van der Waals surface area contributed by atoms with Crippen LogP contribution in [-0.4, -0.2) is 15.5 Å². The van der Waals surface area contributed by atoms with Gasteiger partial charge in [0.15, 0.2) is 4.77 Å². The molecule has 0 unspecified atom stereocenters. The molecule has 0 radical (unpaired) electrons. The van der Waals surface area contributed by atoms with Crippen LogP contribution in [0.25, 0.3) is 5.69 Å². The lowest BCUT2D eigenvalue weighted by atomic mass is 10.2. The molecular formula is C12H11N3O2S. The Bertz CT molecular complexity index is 703. The van der Waals surface area contributed by atoms with Gasteiger partial charge in [-0.15, -0.1) is 0 Å². The molecule has 0 fully saturated rings. The molecule has 1 aromatic carbocycles. The predicted molar refractivity (Wildman–Crippen MR) is 71.5 cm³/mol. The average molecular weight is 261 g/mol. The molecule has 1 aromatic heterocycles. The highest BCUT2D eigenvalue weighted by atomic mass is 32.1. The summed E-state index contributed by atoms with van der Waals surface area (Å²) in [4.78, 5) is 24.6. The van der Waals surface area contributed by atoms with Gasteiger partial charge in [0, 0.05) is 30.6 Å². The predicted octanol–water partition coefficient (Wildman–Crippen LogP) is 1.85. The molecule has 0 bridgehead atoms. The Morgan fingerprint density at radius 2 is 2.17 bits per heavy atom. The Kier molecular flexibility index (Phi) is 3.38. The number of H-pyrrole nitrogens is 1. The summed E-state index contributed by atoms with van der Waals surface area (Å²) in [7, 11) is 0. The van der Waals surface area contributed by atoms with E-state index in [0.29, 0.717) is 10.5 Å². The summed E-state index contributed by atoms with van der Waals surface area (Å²) in [5, 5.41) is 2.69. The number of nitrogens with one attached hydrogen (secondary N) is 2. The van der Waals surface area contributed by atoms with Gasteiger partial charge in [0.05, 0.1) is 0 Å². The van der Waals surface area contributed by atoms with Gasteiger partial charge in [0.1, 0.15) is 0 Å². The molecule has 0 aliphatic heterocycles. The molecule has 0 saturated carbocycles. The van der Waals surface area contributed by atoms with Crippen LogP contribution in [0.15, 0.2) is 41.3 Å². The third-order valence-corrected chi connectivity index (χ3v) is 2.57. The van der Waals surface area contributed by atoms with Crippen LogP contribution in [0.3, 0.4) is 0 Å². The van der Waals surface area contributed by atoms with Gasteiger partial charge in [0.2, 0.25) is 5.91 Å². The maximum Gasteiger partial charge on any atom is 0.251 e. The van der Waals surface area contributed by atoms with Crippen molar-refractivity contribution in [2.45, 2.75) is 6.92 Å². The molecule has 18 heavy (non-hydrogen) atoms. The van der Waals surface area contributed by atoms with Crippen LogP contribution in [0.2, 0.25) is 0 Å². The second-order valence-electron chi connectivity index (χ2n) is 3.71. The van der Waals surface area contributed by atoms with E-state index in [9.17, 15) is 9.59 Å². The van der Waals surface area contributed by atoms with Crippen molar-refractivity contribution in [1.82, 2.24) is 9.55 Å². The number of nitrogens with zero attached hydrogens (tertiary/aromatic N) is 1. The first kappa shape index (κ1) is 12.3. The number of rotatable bonds is 2. The Morgan fingerprint density at radius 3 is 2.83 bits per heavy atom. The van der Waals surface area contributed by atoms with E-state index in [1.807, 2.05) is 6.07 Å². The molecule has 1 heterocycles. The molecule has 6 heteroatoms. The first-order chi connectivity index (χ1) is 8.56. The van der Waals surface area contributed by atoms with E-state index < -0.39 is 0 Å². The van der Waals surface area contributed by atoms with E-state index in [1.54, 1.807) is 29.0 Å². The van der Waals surface area contributed by atoms with Gasteiger partial charge >= 0.3 is 0 Å². The summed E-state index contributed by atoms with van der Waals surface area (Å²) in [5.41, 5.74) is 1.20. The zero-order valence-corrected chi connectivity index (χ0v) is 10.5. The number of aromatic nitrogens is 2. The Morgan fingerprint density at radius 1 is 1.39 bits per heavy atom. The molecule has 2 aromatic rings. The van der Waals surface area contributed by atoms with Gasteiger partial charge in [-0.1, -0.05) is 6.07 Å². The fourth-order valence-electron chi connectivity index (χ4n) is 1.56. The summed E-state index contributed by atoms with van der Waals surface area (Å²) >= 11 is 5.07. The quantitative estimate of drug-likeness (QED) is 0.811. The van der Waals surface area contributed by atoms with Crippen LogP contribution in [0, 0.1) is 4.77 Å². The monoisotopic (exact) mass is 261 g/mol. The summed E-state index contributed by atoms with van der Waals surface area (Å²) in [6.45, 7) is 1.44. The van der Waals surface area contributed by atoms with Crippen LogP contribution in [-0.2, 0) is 4.79 Å². The lowest BCUT2D eigenvalue weighted by molar-refractivity contribution is -0.114. The number of hydrogen-bond acceptors (Lipinski definition) is 3. The molecule has 0 atom stereocenters. The van der Waals surface area contributed by atoms with Crippen molar-refractivity contribution in [3.8, 4) is 5.69 Å². The van der Waals surface area contributed by atoms with Crippen LogP contribution in [0.4, 0.5) is 5.69 Å². The van der Waals surface area contributed by atoms with Crippen molar-refractivity contribution < 1.29 is 4.79 Å². The van der Waals surface area contributed by atoms with E-state index in [1.165, 1.54) is 13.0 Å². The van der Waals surface area contributed by atoms with Crippen LogP contribution in [0.5, 0.6) is 0 Å². The Balaban J connectivity index is 2.47. The molecule has 5 nitrogen and oxygen atoms in total. The minimum Gasteiger partial charge on any atom is -0.326 e. The third kappa shape index (κ3) is 2.72. The second-order valence-corrected chi connectivity index (χ2v) is 4.10. The minimum absolute atomic E-state index is 0.141. The van der Waals surface area contributed by atoms with Crippen molar-refractivity contribution in [3.05, 3.63) is 51.7 Å². The lowest BCUT2D eigenvalue weighted by Gasteiger charge is -2.08. The zero-order valence-electron chi connectivity index (χ0n) is 9.64. The van der Waals surface area contributed by atoms with Crippen LogP contribution in [0.1, 0.15) is 6.92 Å². The van der Waals surface area contributed by atoms with E-state index in [2.05, 4.69) is 10.3 Å². The SMILES string of the molecule is CC(=O)Nc1cccc(-n2ccc(=O)[nH]c2=S)c1. The standard InChI is InChI=1S/C12H11N3O2S/c1-8(16)13-9-3-2-4-10(7-9)15-6-5-11(17)14-12(15)18/h2-7H,1H3,(H,13,16)(H,14,17,18). The molecule has 2 N–H and O–H groups in total. The molecule has 0 saturated heterocycles. The van der Waals surface area contributed by atoms with E-state index in [4.69, 9.17) is 12.2 Å². The summed E-state index contributed by atoms with van der Waals surface area (Å²) in [5.74, 6) is -0.141. The van der Waals surface area contributed by atoms with Gasteiger partial charge in [-0.2, -0.15) is 0 Å². The lowest BCUT2D eigenvalue weighted by Crippen LogP contribution is -2.10. The number of hydrogen-bond donors (Lipinski definition) is 2. The second kappa shape index (κ2) is 4.97. The fraction of sp³-hybridized carbons (Fsp3) is 0.0833. The van der Waals surface area contributed by atoms with Gasteiger partial charge in [-0.05, 0) is 30.4 Å². The highest BCUT2D eigenvalue weighted by Crippen LogP contribution is 2.14. The number of carbonyl (C=O) groups excluding carboxylic acids is 1. The largest absolute Gasteiger partial charge is 0.326 e. The van der Waals surface area contributed by atoms with Gasteiger partial charge < -0.3 is 5.32 Å². The molecule has 92 valence electrons. The summed E-state index contributed by atoms with van der Waals surface area (Å²) < 4.78 is 1.96. The first-order valence-corrected chi connectivity index (χ1v) is 5.67. The summed E-state index contributed by atoms with van der Waals surface area (Å²) in [6.07, 6.45) is 1.59. The van der Waals surface area contributed by atoms with Gasteiger partial charge in [-0.3, -0.25) is 19.1 Å². The fourth-order valence-corrected chi connectivity index (χ4v) is 1.82. The normalized spacial score (nSPS) is 10.1. The topological polar surface area (TPSA) is 66.9 Å². The van der Waals surface area contributed by atoms with Crippen LogP contribution >= 0.6 is 12.2 Å². The Hall–Kier alpha value is -2.21. The number of carbonyl (C=O) groups is 1. The third-order valence-electron chi connectivity index (χ3n) is 2.27. The van der Waals surface area contributed by atoms with Crippen molar-refractivity contribution in [1.29, 1.82) is 0 Å². The molecule has 1 amide bonds. The van der Waals surface area contributed by atoms with Crippen molar-refractivity contribution in [3.63, 3.8) is 0 Å². The van der Waals surface area contributed by atoms with E-state index in [0.717, 1.165) is 5.69 Å². The maximum absolute atomic E-state index is 11.1. The number of amides is 1. The van der Waals surface area contributed by atoms with Crippen molar-refractivity contribution >= 4 is 23.8 Å². The van der Waals surface area contributed by atoms with Gasteiger partial charge in [-0.25, -0.2) is 0 Å². The average Bonchev–Trinajstić information content (AvgIpc) is 2.28. The van der Waals surface area contributed by atoms with Crippen molar-refractivity contribution in [2.75, 3.05) is 5.32 Å². The first-order valence-electron chi connectivity index (χ1n) is 5.26. The highest BCUT2D eigenvalue weighted by Gasteiger charge is 2.00. The molecule has 0 spiro atoms. The van der Waals surface area contributed by atoms with E-state index in [-0.39, 0.29) is 11.5 Å². The van der Waals surface area contributed by atoms with Crippen molar-refractivity contribution in [2.24, 2.45) is 0 Å². The Labute approximate surface area is 108 Å². The summed E-state index contributed by atoms with van der Waals surface area (Å²) in [6, 6.07) is 8.57.